The van der Waals surface area contributed by atoms with Crippen LogP contribution in [0, 0.1) is 11.3 Å². The monoisotopic (exact) mass is 334 g/mol. The Morgan fingerprint density at radius 3 is 2.68 bits per heavy atom. The zero-order valence-corrected chi connectivity index (χ0v) is 13.4. The summed E-state index contributed by atoms with van der Waals surface area (Å²) in [5.41, 5.74) is 1.08. The number of hydrogen-bond acceptors (Lipinski definition) is 6. The molecule has 0 atom stereocenters. The van der Waals surface area contributed by atoms with Gasteiger partial charge in [0.25, 0.3) is 0 Å². The van der Waals surface area contributed by atoms with Crippen molar-refractivity contribution >= 4 is 5.97 Å². The molecule has 2 aromatic heterocycles. The number of aromatic nitrogens is 3. The number of rotatable bonds is 5. The predicted molar refractivity (Wildman–Crippen MR) is 89.0 cm³/mol. The van der Waals surface area contributed by atoms with E-state index in [2.05, 4.69) is 15.2 Å². The Morgan fingerprint density at radius 1 is 1.24 bits per heavy atom. The maximum atomic E-state index is 11.8. The van der Waals surface area contributed by atoms with E-state index < -0.39 is 5.97 Å². The molecular formula is C18H14N4O3. The van der Waals surface area contributed by atoms with Crippen LogP contribution >= 0.6 is 0 Å². The number of aromatic amines is 1. The molecule has 1 N–H and O–H groups in total. The zero-order chi connectivity index (χ0) is 17.6. The molecule has 0 saturated carbocycles. The van der Waals surface area contributed by atoms with E-state index in [4.69, 9.17) is 9.47 Å². The molecule has 0 spiro atoms. The number of pyridine rings is 1. The molecule has 0 aliphatic heterocycles. The van der Waals surface area contributed by atoms with Crippen molar-refractivity contribution in [1.82, 2.24) is 15.2 Å². The number of ether oxygens (including phenoxy) is 2. The summed E-state index contributed by atoms with van der Waals surface area (Å²) in [7, 11) is 0. The molecule has 7 heteroatoms. The number of hydrogen-bond donors (Lipinski definition) is 1. The average Bonchev–Trinajstić information content (AvgIpc) is 3.07. The van der Waals surface area contributed by atoms with Crippen LogP contribution in [0.5, 0.6) is 11.6 Å². The van der Waals surface area contributed by atoms with E-state index in [-0.39, 0.29) is 17.9 Å². The molecule has 0 radical (unpaired) electrons. The van der Waals surface area contributed by atoms with Gasteiger partial charge >= 0.3 is 5.97 Å². The van der Waals surface area contributed by atoms with Gasteiger partial charge in [-0.15, -0.1) is 0 Å². The quantitative estimate of drug-likeness (QED) is 0.718. The molecule has 0 aliphatic rings. The highest BCUT2D eigenvalue weighted by molar-refractivity contribution is 5.92. The molecule has 25 heavy (non-hydrogen) atoms. The van der Waals surface area contributed by atoms with Crippen LogP contribution in [0.2, 0.25) is 0 Å². The van der Waals surface area contributed by atoms with Crippen molar-refractivity contribution in [2.45, 2.75) is 6.92 Å². The van der Waals surface area contributed by atoms with Crippen LogP contribution in [0.3, 0.4) is 0 Å². The Bertz CT molecular complexity index is 912. The summed E-state index contributed by atoms with van der Waals surface area (Å²) in [5, 5.41) is 16.0. The van der Waals surface area contributed by atoms with Crippen LogP contribution in [-0.2, 0) is 4.74 Å². The summed E-state index contributed by atoms with van der Waals surface area (Å²) in [6.45, 7) is 1.90. The largest absolute Gasteiger partial charge is 0.461 e. The summed E-state index contributed by atoms with van der Waals surface area (Å²) in [4.78, 5) is 16.1. The van der Waals surface area contributed by atoms with Gasteiger partial charge in [0.15, 0.2) is 5.69 Å². The lowest BCUT2D eigenvalue weighted by atomic mass is 10.1. The van der Waals surface area contributed by atoms with Gasteiger partial charge in [0, 0.05) is 17.8 Å². The van der Waals surface area contributed by atoms with Crippen molar-refractivity contribution in [2.75, 3.05) is 6.61 Å². The predicted octanol–water partition coefficient (Wildman–Crippen LogP) is 3.31. The van der Waals surface area contributed by atoms with Crippen LogP contribution in [-0.4, -0.2) is 27.8 Å². The first-order valence-electron chi connectivity index (χ1n) is 7.57. The minimum absolute atomic E-state index is 0.0314. The van der Waals surface area contributed by atoms with Gasteiger partial charge in [0.2, 0.25) is 5.88 Å². The van der Waals surface area contributed by atoms with E-state index in [0.29, 0.717) is 22.9 Å². The number of esters is 1. The molecule has 0 bridgehead atoms. The van der Waals surface area contributed by atoms with Gasteiger partial charge in [-0.05, 0) is 25.1 Å². The number of benzene rings is 1. The molecule has 3 rings (SSSR count). The molecule has 0 aliphatic carbocycles. The van der Waals surface area contributed by atoms with Gasteiger partial charge < -0.3 is 9.47 Å². The minimum atomic E-state index is -0.616. The van der Waals surface area contributed by atoms with E-state index in [0.717, 1.165) is 0 Å². The van der Waals surface area contributed by atoms with E-state index in [9.17, 15) is 10.1 Å². The van der Waals surface area contributed by atoms with E-state index in [1.54, 1.807) is 19.1 Å². The number of carbonyl (C=O) groups is 1. The highest BCUT2D eigenvalue weighted by atomic mass is 16.5. The smallest absolute Gasteiger partial charge is 0.357 e. The molecule has 2 heterocycles. The van der Waals surface area contributed by atoms with Crippen LogP contribution in [0.25, 0.3) is 11.3 Å². The van der Waals surface area contributed by atoms with Gasteiger partial charge in [-0.2, -0.15) is 10.4 Å². The molecule has 0 fully saturated rings. The van der Waals surface area contributed by atoms with Gasteiger partial charge in [-0.1, -0.05) is 18.2 Å². The summed E-state index contributed by atoms with van der Waals surface area (Å²) < 4.78 is 10.5. The highest BCUT2D eigenvalue weighted by Crippen LogP contribution is 2.26. The van der Waals surface area contributed by atoms with Gasteiger partial charge in [0.05, 0.1) is 6.61 Å². The summed E-state index contributed by atoms with van der Waals surface area (Å²) >= 11 is 0. The number of nitrogens with one attached hydrogen (secondary N) is 1. The van der Waals surface area contributed by atoms with E-state index >= 15 is 0 Å². The van der Waals surface area contributed by atoms with Crippen molar-refractivity contribution in [2.24, 2.45) is 0 Å². The van der Waals surface area contributed by atoms with Crippen molar-refractivity contribution in [3.05, 3.63) is 59.9 Å². The first-order chi connectivity index (χ1) is 12.2. The molecule has 0 saturated heterocycles. The standard InChI is InChI=1S/C18H14N4O3/c1-2-24-18(23)17-14(10-19)16(21-22-17)12-8-9-15(20-11-12)25-13-6-4-3-5-7-13/h3-9,11H,2H2,1H3,(H,21,22). The number of nitrogens with zero attached hydrogens (tertiary/aromatic N) is 3. The lowest BCUT2D eigenvalue weighted by molar-refractivity contribution is 0.0519. The Labute approximate surface area is 143 Å². The SMILES string of the molecule is CCOC(=O)c1[nH]nc(-c2ccc(Oc3ccccc3)nc2)c1C#N. The van der Waals surface area contributed by atoms with Gasteiger partial charge in [-0.25, -0.2) is 9.78 Å². The fraction of sp³-hybridized carbons (Fsp3) is 0.111. The number of H-pyrrole nitrogens is 1. The van der Waals surface area contributed by atoms with Crippen molar-refractivity contribution < 1.29 is 14.3 Å². The third-order valence-electron chi connectivity index (χ3n) is 3.33. The molecule has 0 amide bonds. The fourth-order valence-corrected chi connectivity index (χ4v) is 2.20. The van der Waals surface area contributed by atoms with Crippen LogP contribution in [0.4, 0.5) is 0 Å². The maximum Gasteiger partial charge on any atom is 0.357 e. The molecular weight excluding hydrogens is 320 g/mol. The van der Waals surface area contributed by atoms with Crippen molar-refractivity contribution in [3.8, 4) is 29.0 Å². The van der Waals surface area contributed by atoms with Crippen LogP contribution in [0.1, 0.15) is 23.0 Å². The molecule has 3 aromatic rings. The Hall–Kier alpha value is -3.66. The average molecular weight is 334 g/mol. The third-order valence-corrected chi connectivity index (χ3v) is 3.33. The topological polar surface area (TPSA) is 101 Å². The first kappa shape index (κ1) is 16.2. The maximum absolute atomic E-state index is 11.8. The second-order valence-electron chi connectivity index (χ2n) is 4.95. The molecule has 1 aromatic carbocycles. The molecule has 124 valence electrons. The van der Waals surface area contributed by atoms with Crippen LogP contribution < -0.4 is 4.74 Å². The summed E-state index contributed by atoms with van der Waals surface area (Å²) in [6, 6.07) is 14.6. The minimum Gasteiger partial charge on any atom is -0.461 e. The summed E-state index contributed by atoms with van der Waals surface area (Å²) in [6.07, 6.45) is 1.53. The lowest BCUT2D eigenvalue weighted by Gasteiger charge is -2.05. The van der Waals surface area contributed by atoms with Crippen LogP contribution in [0.15, 0.2) is 48.7 Å². The van der Waals surface area contributed by atoms with Gasteiger partial charge in [-0.3, -0.25) is 5.10 Å². The van der Waals surface area contributed by atoms with Gasteiger partial charge in [0.1, 0.15) is 23.1 Å². The van der Waals surface area contributed by atoms with E-state index in [1.165, 1.54) is 6.20 Å². The highest BCUT2D eigenvalue weighted by Gasteiger charge is 2.21. The third kappa shape index (κ3) is 3.48. The fourth-order valence-electron chi connectivity index (χ4n) is 2.20. The van der Waals surface area contributed by atoms with Crippen molar-refractivity contribution in [3.63, 3.8) is 0 Å². The molecule has 7 nitrogen and oxygen atoms in total. The Kier molecular flexibility index (Phi) is 4.72. The first-order valence-corrected chi connectivity index (χ1v) is 7.57. The lowest BCUT2D eigenvalue weighted by Crippen LogP contribution is -2.06. The number of carbonyl (C=O) groups excluding carboxylic acids is 1. The Balaban J connectivity index is 1.85. The van der Waals surface area contributed by atoms with Crippen molar-refractivity contribution in [1.29, 1.82) is 5.26 Å². The number of nitriles is 1. The zero-order valence-electron chi connectivity index (χ0n) is 13.4. The second kappa shape index (κ2) is 7.27. The second-order valence-corrected chi connectivity index (χ2v) is 4.95. The summed E-state index contributed by atoms with van der Waals surface area (Å²) in [5.74, 6) is 0.467. The normalized spacial score (nSPS) is 10.1. The molecule has 0 unspecified atom stereocenters. The van der Waals surface area contributed by atoms with E-state index in [1.807, 2.05) is 36.4 Å². The Morgan fingerprint density at radius 2 is 2.04 bits per heavy atom. The number of para-hydroxylation sites is 1.